The highest BCUT2D eigenvalue weighted by Gasteiger charge is 2.21. The van der Waals surface area contributed by atoms with E-state index in [-0.39, 0.29) is 6.10 Å². The highest BCUT2D eigenvalue weighted by atomic mass is 35.5. The number of morpholine rings is 1. The van der Waals surface area contributed by atoms with Crippen molar-refractivity contribution in [3.63, 3.8) is 0 Å². The molecule has 0 aromatic heterocycles. The summed E-state index contributed by atoms with van der Waals surface area (Å²) in [5, 5.41) is 0.768. The van der Waals surface area contributed by atoms with Crippen LogP contribution in [-0.2, 0) is 9.47 Å². The molecule has 1 saturated heterocycles. The Balaban J connectivity index is 1.81. The maximum Gasteiger partial charge on any atom is 0.0952 e. The van der Waals surface area contributed by atoms with Gasteiger partial charge in [0.1, 0.15) is 0 Å². The van der Waals surface area contributed by atoms with Crippen molar-refractivity contribution in [2.24, 2.45) is 0 Å². The molecule has 19 heavy (non-hydrogen) atoms. The lowest BCUT2D eigenvalue weighted by molar-refractivity contribution is -0.0377. The molecule has 1 fully saturated rings. The molecule has 0 bridgehead atoms. The van der Waals surface area contributed by atoms with Gasteiger partial charge < -0.3 is 9.47 Å². The lowest BCUT2D eigenvalue weighted by atomic mass is 10.1. The van der Waals surface area contributed by atoms with Crippen LogP contribution in [0.3, 0.4) is 0 Å². The van der Waals surface area contributed by atoms with Crippen LogP contribution in [-0.4, -0.2) is 44.4 Å². The highest BCUT2D eigenvalue weighted by Crippen LogP contribution is 2.23. The van der Waals surface area contributed by atoms with Crippen LogP contribution in [0, 0.1) is 0 Å². The zero-order chi connectivity index (χ0) is 13.5. The Morgan fingerprint density at radius 2 is 2.11 bits per heavy atom. The van der Waals surface area contributed by atoms with Gasteiger partial charge in [-0.15, -0.1) is 0 Å². The molecule has 0 radical (unpaired) electrons. The zero-order valence-corrected chi connectivity index (χ0v) is 12.2. The smallest absolute Gasteiger partial charge is 0.0952 e. The van der Waals surface area contributed by atoms with Gasteiger partial charge in [0, 0.05) is 31.3 Å². The van der Waals surface area contributed by atoms with Crippen LogP contribution in [0.25, 0.3) is 0 Å². The summed E-state index contributed by atoms with van der Waals surface area (Å²) < 4.78 is 11.4. The summed E-state index contributed by atoms with van der Waals surface area (Å²) in [6.45, 7) is 7.46. The van der Waals surface area contributed by atoms with Crippen molar-refractivity contribution in [2.75, 3.05) is 39.5 Å². The lowest BCUT2D eigenvalue weighted by Gasteiger charge is -2.33. The lowest BCUT2D eigenvalue weighted by Crippen LogP contribution is -2.40. The van der Waals surface area contributed by atoms with Gasteiger partial charge in [0.25, 0.3) is 0 Å². The summed E-state index contributed by atoms with van der Waals surface area (Å²) in [5.41, 5.74) is 1.20. The fourth-order valence-electron chi connectivity index (χ4n) is 2.22. The molecule has 1 aliphatic heterocycles. The zero-order valence-electron chi connectivity index (χ0n) is 11.5. The van der Waals surface area contributed by atoms with E-state index in [0.29, 0.717) is 0 Å². The fraction of sp³-hybridized carbons (Fsp3) is 0.600. The van der Waals surface area contributed by atoms with Gasteiger partial charge >= 0.3 is 0 Å². The summed E-state index contributed by atoms with van der Waals surface area (Å²) >= 11 is 5.91. The number of hydrogen-bond acceptors (Lipinski definition) is 3. The standard InChI is InChI=1S/C15H22ClNO2/c1-2-9-18-10-7-17-8-11-19-15(12-17)13-3-5-14(16)6-4-13/h3-6,15H,2,7-12H2,1H3/t15-/m0/s1. The molecular weight excluding hydrogens is 262 g/mol. The molecule has 0 amide bonds. The first kappa shape index (κ1) is 14.8. The Bertz CT molecular complexity index is 369. The van der Waals surface area contributed by atoms with E-state index in [2.05, 4.69) is 11.8 Å². The minimum absolute atomic E-state index is 0.150. The van der Waals surface area contributed by atoms with Crippen molar-refractivity contribution in [3.05, 3.63) is 34.9 Å². The largest absolute Gasteiger partial charge is 0.380 e. The van der Waals surface area contributed by atoms with Gasteiger partial charge in [-0.1, -0.05) is 30.7 Å². The van der Waals surface area contributed by atoms with Crippen LogP contribution >= 0.6 is 11.6 Å². The molecule has 0 unspecified atom stereocenters. The Hall–Kier alpha value is -0.610. The third-order valence-electron chi connectivity index (χ3n) is 3.29. The molecule has 1 atom stereocenters. The maximum absolute atomic E-state index is 5.91. The van der Waals surface area contributed by atoms with Crippen LogP contribution in [0.5, 0.6) is 0 Å². The molecular formula is C15H22ClNO2. The quantitative estimate of drug-likeness (QED) is 0.749. The summed E-state index contributed by atoms with van der Waals surface area (Å²) in [6, 6.07) is 7.93. The van der Waals surface area contributed by atoms with Gasteiger partial charge in [-0.05, 0) is 24.1 Å². The van der Waals surface area contributed by atoms with Crippen LogP contribution in [0.2, 0.25) is 5.02 Å². The number of ether oxygens (including phenoxy) is 2. The summed E-state index contributed by atoms with van der Waals surface area (Å²) in [5.74, 6) is 0. The van der Waals surface area contributed by atoms with E-state index < -0.39 is 0 Å². The SMILES string of the molecule is CCCOCCN1CCO[C@H](c2ccc(Cl)cc2)C1. The Labute approximate surface area is 120 Å². The van der Waals surface area contributed by atoms with Gasteiger partial charge in [-0.25, -0.2) is 0 Å². The summed E-state index contributed by atoms with van der Waals surface area (Å²) in [4.78, 5) is 2.40. The number of nitrogens with zero attached hydrogens (tertiary/aromatic N) is 1. The molecule has 1 aliphatic rings. The van der Waals surface area contributed by atoms with Crippen molar-refractivity contribution in [1.82, 2.24) is 4.90 Å². The van der Waals surface area contributed by atoms with E-state index in [4.69, 9.17) is 21.1 Å². The molecule has 1 heterocycles. The van der Waals surface area contributed by atoms with Crippen LogP contribution in [0.1, 0.15) is 25.0 Å². The number of hydrogen-bond donors (Lipinski definition) is 0. The molecule has 0 saturated carbocycles. The molecule has 1 aromatic rings. The average molecular weight is 284 g/mol. The Morgan fingerprint density at radius 1 is 1.32 bits per heavy atom. The van der Waals surface area contributed by atoms with Gasteiger partial charge in [-0.3, -0.25) is 4.90 Å². The monoisotopic (exact) mass is 283 g/mol. The minimum Gasteiger partial charge on any atom is -0.380 e. The van der Waals surface area contributed by atoms with Crippen molar-refractivity contribution in [1.29, 1.82) is 0 Å². The third kappa shape index (κ3) is 4.77. The number of benzene rings is 1. The predicted octanol–water partition coefficient (Wildman–Crippen LogP) is 3.14. The molecule has 0 spiro atoms. The predicted molar refractivity (Wildman–Crippen MR) is 77.7 cm³/mol. The second-order valence-electron chi connectivity index (χ2n) is 4.82. The van der Waals surface area contributed by atoms with Crippen molar-refractivity contribution >= 4 is 11.6 Å². The van der Waals surface area contributed by atoms with Crippen LogP contribution in [0.15, 0.2) is 24.3 Å². The van der Waals surface area contributed by atoms with E-state index in [1.54, 1.807) is 0 Å². The van der Waals surface area contributed by atoms with E-state index >= 15 is 0 Å². The van der Waals surface area contributed by atoms with E-state index in [1.165, 1.54) is 5.56 Å². The average Bonchev–Trinajstić information content (AvgIpc) is 2.45. The van der Waals surface area contributed by atoms with E-state index in [9.17, 15) is 0 Å². The first-order valence-corrected chi connectivity index (χ1v) is 7.34. The van der Waals surface area contributed by atoms with Crippen molar-refractivity contribution in [2.45, 2.75) is 19.4 Å². The van der Waals surface area contributed by atoms with Gasteiger partial charge in [-0.2, -0.15) is 0 Å². The van der Waals surface area contributed by atoms with Crippen LogP contribution in [0.4, 0.5) is 0 Å². The van der Waals surface area contributed by atoms with Gasteiger partial charge in [0.05, 0.1) is 19.3 Å². The van der Waals surface area contributed by atoms with Gasteiger partial charge in [0.2, 0.25) is 0 Å². The normalized spacial score (nSPS) is 20.6. The first-order valence-electron chi connectivity index (χ1n) is 6.96. The van der Waals surface area contributed by atoms with Crippen molar-refractivity contribution < 1.29 is 9.47 Å². The Morgan fingerprint density at radius 3 is 2.84 bits per heavy atom. The first-order chi connectivity index (χ1) is 9.29. The third-order valence-corrected chi connectivity index (χ3v) is 3.54. The van der Waals surface area contributed by atoms with Crippen LogP contribution < -0.4 is 0 Å². The molecule has 0 N–H and O–H groups in total. The molecule has 2 rings (SSSR count). The number of rotatable bonds is 6. The Kier molecular flexibility index (Phi) is 6.11. The maximum atomic E-state index is 5.91. The van der Waals surface area contributed by atoms with Gasteiger partial charge in [0.15, 0.2) is 0 Å². The second-order valence-corrected chi connectivity index (χ2v) is 5.26. The van der Waals surface area contributed by atoms with E-state index in [1.807, 2.05) is 24.3 Å². The molecule has 3 nitrogen and oxygen atoms in total. The molecule has 1 aromatic carbocycles. The topological polar surface area (TPSA) is 21.7 Å². The summed E-state index contributed by atoms with van der Waals surface area (Å²) in [6.07, 6.45) is 1.23. The molecule has 106 valence electrons. The fourth-order valence-corrected chi connectivity index (χ4v) is 2.35. The number of halogens is 1. The second kappa shape index (κ2) is 7.85. The molecule has 4 heteroatoms. The minimum atomic E-state index is 0.150. The van der Waals surface area contributed by atoms with Crippen molar-refractivity contribution in [3.8, 4) is 0 Å². The highest BCUT2D eigenvalue weighted by molar-refractivity contribution is 6.30. The summed E-state index contributed by atoms with van der Waals surface area (Å²) in [7, 11) is 0. The van der Waals surface area contributed by atoms with E-state index in [0.717, 1.165) is 50.9 Å². The molecule has 0 aliphatic carbocycles.